The molecule has 1 aromatic heterocycles. The molecule has 0 radical (unpaired) electrons. The van der Waals surface area contributed by atoms with Crippen LogP contribution in [0.3, 0.4) is 0 Å². The highest BCUT2D eigenvalue weighted by Crippen LogP contribution is 2.31. The van der Waals surface area contributed by atoms with E-state index in [1.165, 1.54) is 30.6 Å². The third kappa shape index (κ3) is 4.29. The highest BCUT2D eigenvalue weighted by molar-refractivity contribution is 7.11. The fraction of sp³-hybridized carbons (Fsp3) is 0.333. The van der Waals surface area contributed by atoms with E-state index in [0.29, 0.717) is 16.1 Å². The molecule has 1 N–H and O–H groups in total. The van der Waals surface area contributed by atoms with Gasteiger partial charge >= 0.3 is 6.18 Å². The van der Waals surface area contributed by atoms with Gasteiger partial charge in [0, 0.05) is 7.11 Å². The van der Waals surface area contributed by atoms with E-state index >= 15 is 0 Å². The minimum absolute atomic E-state index is 0.0604. The van der Waals surface area contributed by atoms with Crippen molar-refractivity contribution in [1.29, 1.82) is 0 Å². The van der Waals surface area contributed by atoms with E-state index in [1.807, 2.05) is 0 Å². The summed E-state index contributed by atoms with van der Waals surface area (Å²) in [6.45, 7) is 1.76. The van der Waals surface area contributed by atoms with Gasteiger partial charge in [-0.05, 0) is 24.6 Å². The highest BCUT2D eigenvalue weighted by Gasteiger charge is 2.31. The van der Waals surface area contributed by atoms with Crippen LogP contribution < -0.4 is 5.32 Å². The first kappa shape index (κ1) is 17.4. The number of hydrogen-bond donors (Lipinski definition) is 1. The maximum Gasteiger partial charge on any atom is 0.416 e. The van der Waals surface area contributed by atoms with Gasteiger partial charge in [0.2, 0.25) is 0 Å². The SMILES string of the molecule is COCC(NC(=O)c1scnc1C)c1cccc(C(F)(F)F)c1. The van der Waals surface area contributed by atoms with Crippen molar-refractivity contribution in [1.82, 2.24) is 10.3 Å². The molecular weight excluding hydrogens is 329 g/mol. The van der Waals surface area contributed by atoms with Crippen molar-refractivity contribution in [2.24, 2.45) is 0 Å². The van der Waals surface area contributed by atoms with Crippen LogP contribution in [0.1, 0.15) is 32.5 Å². The molecule has 8 heteroatoms. The molecular formula is C15H15F3N2O2S. The van der Waals surface area contributed by atoms with Crippen molar-refractivity contribution in [2.45, 2.75) is 19.1 Å². The number of benzene rings is 1. The molecule has 0 spiro atoms. The number of nitrogens with zero attached hydrogens (tertiary/aromatic N) is 1. The predicted molar refractivity (Wildman–Crippen MR) is 80.4 cm³/mol. The van der Waals surface area contributed by atoms with Crippen LogP contribution in [0.2, 0.25) is 0 Å². The molecule has 124 valence electrons. The molecule has 0 saturated heterocycles. The third-order valence-corrected chi connectivity index (χ3v) is 4.13. The van der Waals surface area contributed by atoms with Crippen LogP contribution in [0.5, 0.6) is 0 Å². The molecule has 4 nitrogen and oxygen atoms in total. The number of thiazole rings is 1. The Bertz CT molecular complexity index is 685. The number of rotatable bonds is 5. The monoisotopic (exact) mass is 344 g/mol. The average molecular weight is 344 g/mol. The van der Waals surface area contributed by atoms with Crippen molar-refractivity contribution in [2.75, 3.05) is 13.7 Å². The summed E-state index contributed by atoms with van der Waals surface area (Å²) < 4.78 is 43.5. The number of ether oxygens (including phenoxy) is 1. The molecule has 1 amide bonds. The minimum Gasteiger partial charge on any atom is -0.382 e. The second-order valence-corrected chi connectivity index (χ2v) is 5.73. The van der Waals surface area contributed by atoms with Crippen LogP contribution in [-0.2, 0) is 10.9 Å². The normalized spacial score (nSPS) is 12.9. The number of aromatic nitrogens is 1. The lowest BCUT2D eigenvalue weighted by molar-refractivity contribution is -0.137. The second kappa shape index (κ2) is 7.10. The molecule has 0 saturated carbocycles. The fourth-order valence-electron chi connectivity index (χ4n) is 2.06. The van der Waals surface area contributed by atoms with E-state index in [2.05, 4.69) is 10.3 Å². The Kier molecular flexibility index (Phi) is 5.38. The van der Waals surface area contributed by atoms with Gasteiger partial charge in [0.1, 0.15) is 4.88 Å². The van der Waals surface area contributed by atoms with Crippen molar-refractivity contribution in [3.8, 4) is 0 Å². The van der Waals surface area contributed by atoms with E-state index in [1.54, 1.807) is 12.4 Å². The Balaban J connectivity index is 2.25. The van der Waals surface area contributed by atoms with Crippen LogP contribution >= 0.6 is 11.3 Å². The van der Waals surface area contributed by atoms with Gasteiger partial charge in [-0.3, -0.25) is 4.79 Å². The number of halogens is 3. The van der Waals surface area contributed by atoms with Crippen LogP contribution in [-0.4, -0.2) is 24.6 Å². The van der Waals surface area contributed by atoms with Gasteiger partial charge in [-0.25, -0.2) is 4.98 Å². The van der Waals surface area contributed by atoms with Crippen molar-refractivity contribution >= 4 is 17.2 Å². The van der Waals surface area contributed by atoms with Crippen LogP contribution in [0.25, 0.3) is 0 Å². The van der Waals surface area contributed by atoms with Gasteiger partial charge in [-0.15, -0.1) is 11.3 Å². The predicted octanol–water partition coefficient (Wildman–Crippen LogP) is 3.59. The largest absolute Gasteiger partial charge is 0.416 e. The third-order valence-electron chi connectivity index (χ3n) is 3.21. The molecule has 0 fully saturated rings. The summed E-state index contributed by atoms with van der Waals surface area (Å²) in [5.41, 5.74) is 1.68. The molecule has 1 aromatic carbocycles. The lowest BCUT2D eigenvalue weighted by Gasteiger charge is -2.19. The van der Waals surface area contributed by atoms with Gasteiger partial charge in [0.15, 0.2) is 0 Å². The van der Waals surface area contributed by atoms with Gasteiger partial charge < -0.3 is 10.1 Å². The standard InChI is InChI=1S/C15H15F3N2O2S/c1-9-13(23-8-19-9)14(21)20-12(7-22-2)10-4-3-5-11(6-10)15(16,17)18/h3-6,8,12H,7H2,1-2H3,(H,20,21). The number of carbonyl (C=O) groups is 1. The molecule has 0 aliphatic carbocycles. The average Bonchev–Trinajstić information content (AvgIpc) is 2.92. The van der Waals surface area contributed by atoms with Crippen molar-refractivity contribution in [3.63, 3.8) is 0 Å². The quantitative estimate of drug-likeness (QED) is 0.902. The Morgan fingerprint density at radius 2 is 2.17 bits per heavy atom. The van der Waals surface area contributed by atoms with E-state index in [9.17, 15) is 18.0 Å². The summed E-state index contributed by atoms with van der Waals surface area (Å²) in [6, 6.07) is 4.16. The minimum atomic E-state index is -4.44. The molecule has 1 heterocycles. The van der Waals surface area contributed by atoms with Crippen LogP contribution in [0.4, 0.5) is 13.2 Å². The van der Waals surface area contributed by atoms with Gasteiger partial charge in [-0.1, -0.05) is 12.1 Å². The number of carbonyl (C=O) groups excluding carboxylic acids is 1. The Labute approximate surface area is 135 Å². The number of alkyl halides is 3. The summed E-state index contributed by atoms with van der Waals surface area (Å²) >= 11 is 1.18. The maximum absolute atomic E-state index is 12.8. The first-order chi connectivity index (χ1) is 10.8. The van der Waals surface area contributed by atoms with Gasteiger partial charge in [0.05, 0.1) is 29.4 Å². The molecule has 1 atom stereocenters. The van der Waals surface area contributed by atoms with E-state index in [4.69, 9.17) is 4.74 Å². The molecule has 2 rings (SSSR count). The first-order valence-corrected chi connectivity index (χ1v) is 7.58. The number of aryl methyl sites for hydroxylation is 1. The molecule has 1 unspecified atom stereocenters. The smallest absolute Gasteiger partial charge is 0.382 e. The maximum atomic E-state index is 12.8. The van der Waals surface area contributed by atoms with E-state index in [-0.39, 0.29) is 12.5 Å². The van der Waals surface area contributed by atoms with Crippen molar-refractivity contribution in [3.05, 3.63) is 51.5 Å². The van der Waals surface area contributed by atoms with E-state index < -0.39 is 17.8 Å². The number of amides is 1. The second-order valence-electron chi connectivity index (χ2n) is 4.87. The fourth-order valence-corrected chi connectivity index (χ4v) is 2.77. The summed E-state index contributed by atoms with van der Waals surface area (Å²) in [5.74, 6) is -0.385. The van der Waals surface area contributed by atoms with Crippen LogP contribution in [0, 0.1) is 6.92 Å². The Morgan fingerprint density at radius 3 is 2.74 bits per heavy atom. The first-order valence-electron chi connectivity index (χ1n) is 6.70. The zero-order valence-corrected chi connectivity index (χ0v) is 13.3. The lowest BCUT2D eigenvalue weighted by atomic mass is 10.0. The summed E-state index contributed by atoms with van der Waals surface area (Å²) in [4.78, 5) is 16.7. The summed E-state index contributed by atoms with van der Waals surface area (Å²) in [5, 5.41) is 2.70. The van der Waals surface area contributed by atoms with E-state index in [0.717, 1.165) is 12.1 Å². The molecule has 0 bridgehead atoms. The van der Waals surface area contributed by atoms with Gasteiger partial charge in [-0.2, -0.15) is 13.2 Å². The zero-order chi connectivity index (χ0) is 17.0. The molecule has 0 aliphatic rings. The highest BCUT2D eigenvalue weighted by atomic mass is 32.1. The summed E-state index contributed by atoms with van der Waals surface area (Å²) in [6.07, 6.45) is -4.44. The molecule has 23 heavy (non-hydrogen) atoms. The number of nitrogens with one attached hydrogen (secondary N) is 1. The topological polar surface area (TPSA) is 51.2 Å². The number of methoxy groups -OCH3 is 1. The zero-order valence-electron chi connectivity index (χ0n) is 12.5. The Morgan fingerprint density at radius 1 is 1.43 bits per heavy atom. The van der Waals surface area contributed by atoms with Gasteiger partial charge in [0.25, 0.3) is 5.91 Å². The van der Waals surface area contributed by atoms with Crippen LogP contribution in [0.15, 0.2) is 29.8 Å². The molecule has 0 aliphatic heterocycles. The Hall–Kier alpha value is -1.93. The lowest BCUT2D eigenvalue weighted by Crippen LogP contribution is -2.31. The van der Waals surface area contributed by atoms with Crippen molar-refractivity contribution < 1.29 is 22.7 Å². The number of hydrogen-bond acceptors (Lipinski definition) is 4. The summed E-state index contributed by atoms with van der Waals surface area (Å²) in [7, 11) is 1.42. The molecule has 2 aromatic rings.